The molecule has 1 saturated heterocycles. The fourth-order valence-electron chi connectivity index (χ4n) is 3.45. The van der Waals surface area contributed by atoms with Gasteiger partial charge in [-0.05, 0) is 25.3 Å². The highest BCUT2D eigenvalue weighted by atomic mass is 16.3. The summed E-state index contributed by atoms with van der Waals surface area (Å²) in [6.45, 7) is 10.3. The first-order valence-corrected chi connectivity index (χ1v) is 7.62. The van der Waals surface area contributed by atoms with E-state index in [9.17, 15) is 0 Å². The van der Waals surface area contributed by atoms with E-state index in [1.807, 2.05) is 0 Å². The Morgan fingerprint density at radius 2 is 1.83 bits per heavy atom. The second-order valence-electron chi connectivity index (χ2n) is 5.72. The van der Waals surface area contributed by atoms with Crippen LogP contribution in [-0.4, -0.2) is 73.4 Å². The Morgan fingerprint density at radius 1 is 1.11 bits per heavy atom. The minimum absolute atomic E-state index is 0.297. The Hall–Kier alpha value is -0.160. The molecule has 2 N–H and O–H groups in total. The predicted molar refractivity (Wildman–Crippen MR) is 74.8 cm³/mol. The molecular weight excluding hydrogens is 226 g/mol. The minimum atomic E-state index is 0.297. The first-order chi connectivity index (χ1) is 8.83. The van der Waals surface area contributed by atoms with Crippen molar-refractivity contribution in [3.8, 4) is 0 Å². The average Bonchev–Trinajstić information content (AvgIpc) is 2.80. The molecule has 2 fully saturated rings. The fraction of sp³-hybridized carbons (Fsp3) is 1.00. The SMILES string of the molecule is CCNC1CCCC1CN1CCN(CCO)CC1. The van der Waals surface area contributed by atoms with Gasteiger partial charge < -0.3 is 15.3 Å². The van der Waals surface area contributed by atoms with Gasteiger partial charge in [-0.3, -0.25) is 4.90 Å². The van der Waals surface area contributed by atoms with Crippen LogP contribution in [0.4, 0.5) is 0 Å². The van der Waals surface area contributed by atoms with Crippen molar-refractivity contribution in [3.05, 3.63) is 0 Å². The van der Waals surface area contributed by atoms with Crippen LogP contribution in [-0.2, 0) is 0 Å². The van der Waals surface area contributed by atoms with E-state index in [4.69, 9.17) is 5.11 Å². The largest absolute Gasteiger partial charge is 0.395 e. The van der Waals surface area contributed by atoms with Crippen LogP contribution < -0.4 is 5.32 Å². The van der Waals surface area contributed by atoms with Crippen LogP contribution >= 0.6 is 0 Å². The normalized spacial score (nSPS) is 31.0. The summed E-state index contributed by atoms with van der Waals surface area (Å²) in [5.74, 6) is 0.856. The van der Waals surface area contributed by atoms with Crippen molar-refractivity contribution in [3.63, 3.8) is 0 Å². The van der Waals surface area contributed by atoms with Gasteiger partial charge in [-0.15, -0.1) is 0 Å². The van der Waals surface area contributed by atoms with Crippen molar-refractivity contribution in [2.45, 2.75) is 32.2 Å². The van der Waals surface area contributed by atoms with E-state index >= 15 is 0 Å². The molecule has 0 radical (unpaired) electrons. The minimum Gasteiger partial charge on any atom is -0.395 e. The highest BCUT2D eigenvalue weighted by molar-refractivity contribution is 4.86. The Labute approximate surface area is 111 Å². The zero-order chi connectivity index (χ0) is 12.8. The molecule has 0 bridgehead atoms. The van der Waals surface area contributed by atoms with Gasteiger partial charge in [-0.25, -0.2) is 0 Å². The fourth-order valence-corrected chi connectivity index (χ4v) is 3.45. The van der Waals surface area contributed by atoms with Gasteiger partial charge in [0.05, 0.1) is 6.61 Å². The summed E-state index contributed by atoms with van der Waals surface area (Å²) in [5.41, 5.74) is 0. The van der Waals surface area contributed by atoms with E-state index in [-0.39, 0.29) is 0 Å². The van der Waals surface area contributed by atoms with Crippen LogP contribution in [0.25, 0.3) is 0 Å². The standard InChI is InChI=1S/C14H29N3O/c1-2-15-14-5-3-4-13(14)12-17-8-6-16(7-9-17)10-11-18/h13-15,18H,2-12H2,1H3. The lowest BCUT2D eigenvalue weighted by Gasteiger charge is -2.36. The van der Waals surface area contributed by atoms with Crippen LogP contribution in [0.3, 0.4) is 0 Å². The zero-order valence-corrected chi connectivity index (χ0v) is 11.8. The maximum absolute atomic E-state index is 8.94. The summed E-state index contributed by atoms with van der Waals surface area (Å²) in [6, 6.07) is 0.755. The topological polar surface area (TPSA) is 38.7 Å². The summed E-state index contributed by atoms with van der Waals surface area (Å²) in [6.07, 6.45) is 4.16. The number of hydrogen-bond donors (Lipinski definition) is 2. The van der Waals surface area contributed by atoms with Crippen LogP contribution in [0.2, 0.25) is 0 Å². The van der Waals surface area contributed by atoms with Crippen molar-refractivity contribution >= 4 is 0 Å². The van der Waals surface area contributed by atoms with Gasteiger partial charge in [-0.2, -0.15) is 0 Å². The first-order valence-electron chi connectivity index (χ1n) is 7.62. The number of nitrogens with one attached hydrogen (secondary N) is 1. The van der Waals surface area contributed by atoms with E-state index in [1.54, 1.807) is 0 Å². The van der Waals surface area contributed by atoms with Crippen molar-refractivity contribution in [1.29, 1.82) is 0 Å². The molecule has 106 valence electrons. The van der Waals surface area contributed by atoms with Gasteiger partial charge in [0.15, 0.2) is 0 Å². The summed E-state index contributed by atoms with van der Waals surface area (Å²) >= 11 is 0. The van der Waals surface area contributed by atoms with Crippen molar-refractivity contribution in [2.24, 2.45) is 5.92 Å². The molecule has 2 atom stereocenters. The zero-order valence-electron chi connectivity index (χ0n) is 11.8. The summed E-state index contributed by atoms with van der Waals surface area (Å²) < 4.78 is 0. The smallest absolute Gasteiger partial charge is 0.0558 e. The summed E-state index contributed by atoms with van der Waals surface area (Å²) in [7, 11) is 0. The van der Waals surface area contributed by atoms with Crippen molar-refractivity contribution in [2.75, 3.05) is 52.4 Å². The summed E-state index contributed by atoms with van der Waals surface area (Å²) in [4.78, 5) is 4.99. The number of hydrogen-bond acceptors (Lipinski definition) is 4. The Balaban J connectivity index is 1.70. The molecule has 1 aliphatic heterocycles. The molecule has 2 rings (SSSR count). The Morgan fingerprint density at radius 3 is 2.50 bits per heavy atom. The van der Waals surface area contributed by atoms with Gasteiger partial charge in [0.2, 0.25) is 0 Å². The molecule has 0 aromatic carbocycles. The van der Waals surface area contributed by atoms with Crippen molar-refractivity contribution in [1.82, 2.24) is 15.1 Å². The number of β-amino-alcohol motifs (C(OH)–C–C–N with tert-alkyl or cyclic N) is 1. The molecule has 2 unspecified atom stereocenters. The highest BCUT2D eigenvalue weighted by Gasteiger charge is 2.29. The Bertz CT molecular complexity index is 229. The molecule has 4 heteroatoms. The van der Waals surface area contributed by atoms with Gasteiger partial charge in [0, 0.05) is 45.3 Å². The predicted octanol–water partition coefficient (Wildman–Crippen LogP) is 0.375. The van der Waals surface area contributed by atoms with Crippen LogP contribution in [0.1, 0.15) is 26.2 Å². The van der Waals surface area contributed by atoms with Crippen molar-refractivity contribution < 1.29 is 5.11 Å². The van der Waals surface area contributed by atoms with Crippen LogP contribution in [0, 0.1) is 5.92 Å². The lowest BCUT2D eigenvalue weighted by Crippen LogP contribution is -2.49. The van der Waals surface area contributed by atoms with Gasteiger partial charge in [-0.1, -0.05) is 13.3 Å². The van der Waals surface area contributed by atoms with E-state index < -0.39 is 0 Å². The second-order valence-corrected chi connectivity index (χ2v) is 5.72. The van der Waals surface area contributed by atoms with Crippen LogP contribution in [0.15, 0.2) is 0 Å². The van der Waals surface area contributed by atoms with E-state index in [1.165, 1.54) is 38.9 Å². The van der Waals surface area contributed by atoms with E-state index in [0.717, 1.165) is 38.1 Å². The molecule has 4 nitrogen and oxygen atoms in total. The average molecular weight is 255 g/mol. The molecule has 18 heavy (non-hydrogen) atoms. The summed E-state index contributed by atoms with van der Waals surface area (Å²) in [5, 5.41) is 12.6. The number of aliphatic hydroxyl groups is 1. The second kappa shape index (κ2) is 7.43. The lowest BCUT2D eigenvalue weighted by atomic mass is 10.0. The number of piperazine rings is 1. The molecule has 0 aromatic rings. The third-order valence-electron chi connectivity index (χ3n) is 4.50. The maximum atomic E-state index is 8.94. The quantitative estimate of drug-likeness (QED) is 0.719. The van der Waals surface area contributed by atoms with Gasteiger partial charge in [0.1, 0.15) is 0 Å². The Kier molecular flexibility index (Phi) is 5.89. The molecule has 0 amide bonds. The number of nitrogens with zero attached hydrogens (tertiary/aromatic N) is 2. The highest BCUT2D eigenvalue weighted by Crippen LogP contribution is 2.26. The third-order valence-corrected chi connectivity index (χ3v) is 4.50. The van der Waals surface area contributed by atoms with Crippen LogP contribution in [0.5, 0.6) is 0 Å². The number of aliphatic hydroxyl groups excluding tert-OH is 1. The lowest BCUT2D eigenvalue weighted by molar-refractivity contribution is 0.0985. The molecule has 1 aliphatic carbocycles. The van der Waals surface area contributed by atoms with E-state index in [0.29, 0.717) is 6.61 Å². The maximum Gasteiger partial charge on any atom is 0.0558 e. The first kappa shape index (κ1) is 14.3. The van der Waals surface area contributed by atoms with Gasteiger partial charge >= 0.3 is 0 Å². The monoisotopic (exact) mass is 255 g/mol. The molecule has 0 spiro atoms. The molecule has 1 saturated carbocycles. The molecule has 1 heterocycles. The molecule has 2 aliphatic rings. The molecular formula is C14H29N3O. The molecule has 0 aromatic heterocycles. The third kappa shape index (κ3) is 3.92. The number of rotatable bonds is 6. The van der Waals surface area contributed by atoms with Gasteiger partial charge in [0.25, 0.3) is 0 Å². The van der Waals surface area contributed by atoms with E-state index in [2.05, 4.69) is 22.0 Å².